The summed E-state index contributed by atoms with van der Waals surface area (Å²) in [6.45, 7) is 5.41. The number of hydrogen-bond acceptors (Lipinski definition) is 3. The third-order valence-corrected chi connectivity index (χ3v) is 2.77. The first kappa shape index (κ1) is 10.5. The van der Waals surface area contributed by atoms with E-state index in [0.717, 1.165) is 26.1 Å². The molecule has 1 saturated heterocycles. The third kappa shape index (κ3) is 2.19. The largest absolute Gasteiger partial charge is 0.359 e. The Morgan fingerprint density at radius 3 is 2.92 bits per heavy atom. The van der Waals surface area contributed by atoms with Gasteiger partial charge in [0.15, 0.2) is 0 Å². The Balaban J connectivity index is 2.50. The summed E-state index contributed by atoms with van der Waals surface area (Å²) in [5, 5.41) is 2.71. The van der Waals surface area contributed by atoms with Gasteiger partial charge in [-0.1, -0.05) is 0 Å². The van der Waals surface area contributed by atoms with Gasteiger partial charge in [0.05, 0.1) is 5.41 Å². The number of nitrogens with zero attached hydrogens (tertiary/aromatic N) is 1. The summed E-state index contributed by atoms with van der Waals surface area (Å²) in [5.74, 6) is 0.145. The lowest BCUT2D eigenvalue weighted by atomic mass is 9.89. The van der Waals surface area contributed by atoms with Gasteiger partial charge in [0.25, 0.3) is 0 Å². The van der Waals surface area contributed by atoms with Crippen LogP contribution >= 0.6 is 0 Å². The lowest BCUT2D eigenvalue weighted by Crippen LogP contribution is -2.39. The number of likely N-dealkylation sites (tertiary alicyclic amines) is 1. The Hall–Kier alpha value is -0.610. The van der Waals surface area contributed by atoms with Gasteiger partial charge < -0.3 is 16.0 Å². The van der Waals surface area contributed by atoms with Gasteiger partial charge in [0.2, 0.25) is 5.91 Å². The summed E-state index contributed by atoms with van der Waals surface area (Å²) in [5.41, 5.74) is 5.26. The molecular weight excluding hydrogens is 166 g/mol. The Morgan fingerprint density at radius 2 is 2.38 bits per heavy atom. The fraction of sp³-hybridized carbons (Fsp3) is 0.889. The van der Waals surface area contributed by atoms with Gasteiger partial charge in [-0.25, -0.2) is 0 Å². The van der Waals surface area contributed by atoms with Crippen LogP contribution < -0.4 is 11.1 Å². The van der Waals surface area contributed by atoms with Crippen LogP contribution in [0.25, 0.3) is 0 Å². The molecule has 1 atom stereocenters. The highest BCUT2D eigenvalue weighted by molar-refractivity contribution is 5.82. The summed E-state index contributed by atoms with van der Waals surface area (Å²) < 4.78 is 0. The van der Waals surface area contributed by atoms with Crippen LogP contribution in [0.15, 0.2) is 0 Å². The molecule has 1 unspecified atom stereocenters. The van der Waals surface area contributed by atoms with Gasteiger partial charge in [0.1, 0.15) is 0 Å². The molecule has 76 valence electrons. The maximum absolute atomic E-state index is 11.5. The zero-order valence-electron chi connectivity index (χ0n) is 8.47. The lowest BCUT2D eigenvalue weighted by Gasteiger charge is -2.22. The van der Waals surface area contributed by atoms with Crippen LogP contribution in [-0.2, 0) is 4.79 Å². The minimum Gasteiger partial charge on any atom is -0.359 e. The highest BCUT2D eigenvalue weighted by atomic mass is 16.2. The maximum atomic E-state index is 11.5. The molecular formula is C9H19N3O. The van der Waals surface area contributed by atoms with Crippen molar-refractivity contribution in [2.45, 2.75) is 13.3 Å². The number of nitrogens with two attached hydrogens (primary N) is 1. The van der Waals surface area contributed by atoms with E-state index in [0.29, 0.717) is 6.54 Å². The van der Waals surface area contributed by atoms with Crippen LogP contribution in [0.3, 0.4) is 0 Å². The molecule has 0 aromatic rings. The number of nitrogens with one attached hydrogen (secondary N) is 1. The topological polar surface area (TPSA) is 58.4 Å². The van der Waals surface area contributed by atoms with E-state index in [1.807, 2.05) is 6.92 Å². The first-order chi connectivity index (χ1) is 6.12. The van der Waals surface area contributed by atoms with E-state index in [1.165, 1.54) is 0 Å². The summed E-state index contributed by atoms with van der Waals surface area (Å²) in [6, 6.07) is 0. The zero-order chi connectivity index (χ0) is 9.90. The van der Waals surface area contributed by atoms with E-state index in [4.69, 9.17) is 5.73 Å². The second-order valence-corrected chi connectivity index (χ2v) is 3.95. The van der Waals surface area contributed by atoms with Crippen LogP contribution in [0.5, 0.6) is 0 Å². The maximum Gasteiger partial charge on any atom is 0.227 e. The quantitative estimate of drug-likeness (QED) is 0.617. The predicted molar refractivity (Wildman–Crippen MR) is 52.3 cm³/mol. The Morgan fingerprint density at radius 1 is 1.69 bits per heavy atom. The fourth-order valence-corrected chi connectivity index (χ4v) is 1.92. The molecule has 1 amide bonds. The van der Waals surface area contributed by atoms with Gasteiger partial charge in [0, 0.05) is 26.7 Å². The smallest absolute Gasteiger partial charge is 0.227 e. The van der Waals surface area contributed by atoms with Crippen LogP contribution in [0.4, 0.5) is 0 Å². The second-order valence-electron chi connectivity index (χ2n) is 3.95. The Kier molecular flexibility index (Phi) is 3.27. The molecule has 4 nitrogen and oxygen atoms in total. The van der Waals surface area contributed by atoms with Gasteiger partial charge in [-0.3, -0.25) is 4.79 Å². The zero-order valence-corrected chi connectivity index (χ0v) is 8.47. The van der Waals surface area contributed by atoms with E-state index in [2.05, 4.69) is 10.2 Å². The first-order valence-corrected chi connectivity index (χ1v) is 4.77. The number of carbonyl (C=O) groups is 1. The average molecular weight is 185 g/mol. The summed E-state index contributed by atoms with van der Waals surface area (Å²) in [6.07, 6.45) is 0.937. The van der Waals surface area contributed by atoms with E-state index in [9.17, 15) is 4.79 Å². The number of amides is 1. The van der Waals surface area contributed by atoms with Gasteiger partial charge >= 0.3 is 0 Å². The average Bonchev–Trinajstić information content (AvgIpc) is 2.48. The molecule has 1 heterocycles. The normalized spacial score (nSPS) is 29.2. The molecule has 3 N–H and O–H groups in total. The highest BCUT2D eigenvalue weighted by Gasteiger charge is 2.39. The molecule has 1 aliphatic heterocycles. The van der Waals surface area contributed by atoms with E-state index < -0.39 is 0 Å². The molecule has 0 saturated carbocycles. The number of carbonyl (C=O) groups excluding carboxylic acids is 1. The van der Waals surface area contributed by atoms with Crippen molar-refractivity contribution in [3.63, 3.8) is 0 Å². The summed E-state index contributed by atoms with van der Waals surface area (Å²) in [7, 11) is 1.69. The summed E-state index contributed by atoms with van der Waals surface area (Å²) >= 11 is 0. The fourth-order valence-electron chi connectivity index (χ4n) is 1.92. The van der Waals surface area contributed by atoms with Gasteiger partial charge in [-0.2, -0.15) is 0 Å². The molecule has 0 spiro atoms. The van der Waals surface area contributed by atoms with Crippen molar-refractivity contribution in [2.24, 2.45) is 11.1 Å². The van der Waals surface area contributed by atoms with E-state index in [-0.39, 0.29) is 11.3 Å². The van der Waals surface area contributed by atoms with Crippen molar-refractivity contribution in [1.82, 2.24) is 10.2 Å². The van der Waals surface area contributed by atoms with Crippen molar-refractivity contribution in [2.75, 3.05) is 33.2 Å². The van der Waals surface area contributed by atoms with Crippen LogP contribution in [0.1, 0.15) is 13.3 Å². The highest BCUT2D eigenvalue weighted by Crippen LogP contribution is 2.29. The summed E-state index contributed by atoms with van der Waals surface area (Å²) in [4.78, 5) is 13.8. The van der Waals surface area contributed by atoms with Gasteiger partial charge in [-0.05, 0) is 19.9 Å². The molecule has 13 heavy (non-hydrogen) atoms. The predicted octanol–water partition coefficient (Wildman–Crippen LogP) is -0.597. The van der Waals surface area contributed by atoms with E-state index in [1.54, 1.807) is 7.05 Å². The number of rotatable bonds is 3. The molecule has 0 radical (unpaired) electrons. The molecule has 1 rings (SSSR count). The number of hydrogen-bond donors (Lipinski definition) is 2. The SMILES string of the molecule is CNC(=O)C1(C)CCN(CCN)C1. The van der Waals surface area contributed by atoms with Gasteiger partial charge in [-0.15, -0.1) is 0 Å². The molecule has 0 aliphatic carbocycles. The van der Waals surface area contributed by atoms with Crippen LogP contribution in [0.2, 0.25) is 0 Å². The van der Waals surface area contributed by atoms with Crippen LogP contribution in [-0.4, -0.2) is 44.0 Å². The standard InChI is InChI=1S/C9H19N3O/c1-9(8(13)11-2)3-5-12(7-9)6-4-10/h3-7,10H2,1-2H3,(H,11,13). The molecule has 1 aliphatic rings. The Labute approximate surface area is 79.5 Å². The van der Waals surface area contributed by atoms with Crippen LogP contribution in [0, 0.1) is 5.41 Å². The minimum atomic E-state index is -0.204. The minimum absolute atomic E-state index is 0.145. The Bertz CT molecular complexity index is 195. The molecule has 0 aromatic heterocycles. The molecule has 1 fully saturated rings. The second kappa shape index (κ2) is 4.07. The molecule has 4 heteroatoms. The van der Waals surface area contributed by atoms with Crippen molar-refractivity contribution in [3.8, 4) is 0 Å². The van der Waals surface area contributed by atoms with Crippen molar-refractivity contribution < 1.29 is 4.79 Å². The van der Waals surface area contributed by atoms with Crippen molar-refractivity contribution in [1.29, 1.82) is 0 Å². The van der Waals surface area contributed by atoms with E-state index >= 15 is 0 Å². The van der Waals surface area contributed by atoms with Crippen molar-refractivity contribution >= 4 is 5.91 Å². The third-order valence-electron chi connectivity index (χ3n) is 2.77. The molecule has 0 bridgehead atoms. The lowest BCUT2D eigenvalue weighted by molar-refractivity contribution is -0.129. The monoisotopic (exact) mass is 185 g/mol. The molecule has 0 aromatic carbocycles. The first-order valence-electron chi connectivity index (χ1n) is 4.77. The van der Waals surface area contributed by atoms with Crippen molar-refractivity contribution in [3.05, 3.63) is 0 Å².